The highest BCUT2D eigenvalue weighted by atomic mass is 32.1. The first-order valence-electron chi connectivity index (χ1n) is 8.70. The second kappa shape index (κ2) is 7.83. The van der Waals surface area contributed by atoms with E-state index in [2.05, 4.69) is 47.2 Å². The molecular weight excluding hydrogens is 333 g/mol. The van der Waals surface area contributed by atoms with E-state index in [0.717, 1.165) is 37.0 Å². The summed E-state index contributed by atoms with van der Waals surface area (Å²) in [4.78, 5) is 4.24. The number of rotatable bonds is 3. The van der Waals surface area contributed by atoms with Gasteiger partial charge in [-0.1, -0.05) is 44.2 Å². The molecule has 1 N–H and O–H groups in total. The Bertz CT molecular complexity index is 739. The van der Waals surface area contributed by atoms with Crippen molar-refractivity contribution in [2.45, 2.75) is 19.8 Å². The van der Waals surface area contributed by atoms with Crippen LogP contribution in [0.1, 0.15) is 25.3 Å². The van der Waals surface area contributed by atoms with E-state index in [1.165, 1.54) is 11.6 Å². The second-order valence-corrected chi connectivity index (χ2v) is 6.98. The lowest BCUT2D eigenvalue weighted by atomic mass is 10.0. The van der Waals surface area contributed by atoms with Crippen LogP contribution < -0.4 is 10.2 Å². The summed E-state index contributed by atoms with van der Waals surface area (Å²) in [7, 11) is 0. The molecule has 1 saturated heterocycles. The summed E-state index contributed by atoms with van der Waals surface area (Å²) in [6, 6.07) is 15.2. The first-order valence-corrected chi connectivity index (χ1v) is 9.11. The third kappa shape index (κ3) is 4.10. The number of benzene rings is 2. The number of piperazine rings is 1. The molecule has 3 nitrogen and oxygen atoms in total. The molecule has 0 aliphatic carbocycles. The van der Waals surface area contributed by atoms with Crippen molar-refractivity contribution < 1.29 is 4.39 Å². The van der Waals surface area contributed by atoms with Crippen LogP contribution in [0.4, 0.5) is 15.8 Å². The molecule has 5 heteroatoms. The van der Waals surface area contributed by atoms with Gasteiger partial charge in [0.25, 0.3) is 0 Å². The van der Waals surface area contributed by atoms with Gasteiger partial charge in [0.2, 0.25) is 0 Å². The molecule has 1 aliphatic rings. The van der Waals surface area contributed by atoms with Gasteiger partial charge in [0.05, 0.1) is 5.69 Å². The Labute approximate surface area is 154 Å². The predicted molar refractivity (Wildman–Crippen MR) is 107 cm³/mol. The van der Waals surface area contributed by atoms with Gasteiger partial charge in [-0.25, -0.2) is 4.39 Å². The molecule has 0 spiro atoms. The van der Waals surface area contributed by atoms with Gasteiger partial charge >= 0.3 is 0 Å². The number of hydrogen-bond acceptors (Lipinski definition) is 2. The minimum atomic E-state index is -0.164. The number of thiocarbonyl (C=S) groups is 1. The Morgan fingerprint density at radius 2 is 1.64 bits per heavy atom. The van der Waals surface area contributed by atoms with Crippen LogP contribution >= 0.6 is 12.2 Å². The van der Waals surface area contributed by atoms with E-state index in [1.807, 2.05) is 18.2 Å². The molecule has 25 heavy (non-hydrogen) atoms. The van der Waals surface area contributed by atoms with Gasteiger partial charge in [-0.3, -0.25) is 0 Å². The molecule has 3 rings (SSSR count). The zero-order valence-electron chi connectivity index (χ0n) is 14.7. The maximum atomic E-state index is 13.9. The minimum Gasteiger partial charge on any atom is -0.366 e. The van der Waals surface area contributed by atoms with Gasteiger partial charge in [0.1, 0.15) is 5.82 Å². The SMILES string of the molecule is CC(C)c1ccccc1NC(=S)N1CCN(c2ccccc2F)CC1. The van der Waals surface area contributed by atoms with Gasteiger partial charge in [0, 0.05) is 31.9 Å². The van der Waals surface area contributed by atoms with Crippen LogP contribution in [0.15, 0.2) is 48.5 Å². The van der Waals surface area contributed by atoms with E-state index in [1.54, 1.807) is 6.07 Å². The fraction of sp³-hybridized carbons (Fsp3) is 0.350. The fourth-order valence-corrected chi connectivity index (χ4v) is 3.46. The van der Waals surface area contributed by atoms with Gasteiger partial charge in [0.15, 0.2) is 5.11 Å². The summed E-state index contributed by atoms with van der Waals surface area (Å²) < 4.78 is 13.9. The molecule has 2 aromatic rings. The summed E-state index contributed by atoms with van der Waals surface area (Å²) in [5, 5.41) is 4.13. The summed E-state index contributed by atoms with van der Waals surface area (Å²) in [5.74, 6) is 0.270. The summed E-state index contributed by atoms with van der Waals surface area (Å²) >= 11 is 5.61. The Balaban J connectivity index is 1.62. The standard InChI is InChI=1S/C20H24FN3S/c1-15(2)16-7-3-5-9-18(16)22-20(25)24-13-11-23(12-14-24)19-10-6-4-8-17(19)21/h3-10,15H,11-14H2,1-2H3,(H,22,25). The predicted octanol–water partition coefficient (Wildman–Crippen LogP) is 4.47. The highest BCUT2D eigenvalue weighted by Gasteiger charge is 2.21. The normalized spacial score (nSPS) is 14.7. The topological polar surface area (TPSA) is 18.5 Å². The highest BCUT2D eigenvalue weighted by molar-refractivity contribution is 7.80. The molecule has 0 amide bonds. The number of nitrogens with one attached hydrogen (secondary N) is 1. The van der Waals surface area contributed by atoms with E-state index in [4.69, 9.17) is 12.2 Å². The minimum absolute atomic E-state index is 0.164. The Hall–Kier alpha value is -2.14. The molecule has 0 bridgehead atoms. The summed E-state index contributed by atoms with van der Waals surface area (Å²) in [6.45, 7) is 7.44. The van der Waals surface area contributed by atoms with Crippen LogP contribution in [-0.2, 0) is 0 Å². The molecule has 0 atom stereocenters. The van der Waals surface area contributed by atoms with Crippen molar-refractivity contribution in [3.05, 3.63) is 59.9 Å². The largest absolute Gasteiger partial charge is 0.366 e. The lowest BCUT2D eigenvalue weighted by molar-refractivity contribution is 0.388. The molecule has 1 fully saturated rings. The van der Waals surface area contributed by atoms with Crippen molar-refractivity contribution in [1.29, 1.82) is 0 Å². The van der Waals surface area contributed by atoms with E-state index < -0.39 is 0 Å². The quantitative estimate of drug-likeness (QED) is 0.817. The van der Waals surface area contributed by atoms with Crippen molar-refractivity contribution in [3.8, 4) is 0 Å². The molecule has 0 unspecified atom stereocenters. The Kier molecular flexibility index (Phi) is 5.53. The third-order valence-electron chi connectivity index (χ3n) is 4.58. The van der Waals surface area contributed by atoms with Crippen LogP contribution in [0.2, 0.25) is 0 Å². The molecule has 2 aromatic carbocycles. The number of para-hydroxylation sites is 2. The molecule has 0 saturated carbocycles. The first kappa shape index (κ1) is 17.7. The van der Waals surface area contributed by atoms with Crippen LogP contribution in [0.25, 0.3) is 0 Å². The Morgan fingerprint density at radius 3 is 2.32 bits per heavy atom. The first-order chi connectivity index (χ1) is 12.1. The number of nitrogens with zero attached hydrogens (tertiary/aromatic N) is 2. The average Bonchev–Trinajstić information content (AvgIpc) is 2.62. The van der Waals surface area contributed by atoms with E-state index in [-0.39, 0.29) is 5.82 Å². The van der Waals surface area contributed by atoms with E-state index >= 15 is 0 Å². The van der Waals surface area contributed by atoms with Gasteiger partial charge in [-0.05, 0) is 41.9 Å². The van der Waals surface area contributed by atoms with Crippen LogP contribution in [-0.4, -0.2) is 36.2 Å². The van der Waals surface area contributed by atoms with Crippen molar-refractivity contribution in [3.63, 3.8) is 0 Å². The van der Waals surface area contributed by atoms with Gasteiger partial charge in [-0.15, -0.1) is 0 Å². The lowest BCUT2D eigenvalue weighted by Crippen LogP contribution is -2.50. The number of halogens is 1. The average molecular weight is 357 g/mol. The Morgan fingerprint density at radius 1 is 1.00 bits per heavy atom. The molecule has 1 heterocycles. The maximum Gasteiger partial charge on any atom is 0.173 e. The zero-order valence-corrected chi connectivity index (χ0v) is 15.5. The molecular formula is C20H24FN3S. The number of hydrogen-bond donors (Lipinski definition) is 1. The fourth-order valence-electron chi connectivity index (χ4n) is 3.17. The highest BCUT2D eigenvalue weighted by Crippen LogP contribution is 2.25. The molecule has 0 aromatic heterocycles. The van der Waals surface area contributed by atoms with Crippen molar-refractivity contribution in [2.24, 2.45) is 0 Å². The monoisotopic (exact) mass is 357 g/mol. The van der Waals surface area contributed by atoms with E-state index in [0.29, 0.717) is 11.6 Å². The molecule has 1 aliphatic heterocycles. The van der Waals surface area contributed by atoms with Crippen LogP contribution in [0.5, 0.6) is 0 Å². The summed E-state index contributed by atoms with van der Waals surface area (Å²) in [6.07, 6.45) is 0. The number of anilines is 2. The van der Waals surface area contributed by atoms with Crippen LogP contribution in [0.3, 0.4) is 0 Å². The third-order valence-corrected chi connectivity index (χ3v) is 4.94. The van der Waals surface area contributed by atoms with Crippen LogP contribution in [0, 0.1) is 5.82 Å². The lowest BCUT2D eigenvalue weighted by Gasteiger charge is -2.37. The second-order valence-electron chi connectivity index (χ2n) is 6.60. The summed E-state index contributed by atoms with van der Waals surface area (Å²) in [5.41, 5.74) is 3.00. The molecule has 132 valence electrons. The van der Waals surface area contributed by atoms with Crippen molar-refractivity contribution in [1.82, 2.24) is 4.90 Å². The van der Waals surface area contributed by atoms with Gasteiger partial charge in [-0.2, -0.15) is 0 Å². The van der Waals surface area contributed by atoms with Crippen molar-refractivity contribution in [2.75, 3.05) is 36.4 Å². The molecule has 0 radical (unpaired) electrons. The maximum absolute atomic E-state index is 13.9. The van der Waals surface area contributed by atoms with Crippen molar-refractivity contribution >= 4 is 28.7 Å². The smallest absolute Gasteiger partial charge is 0.173 e. The van der Waals surface area contributed by atoms with Gasteiger partial charge < -0.3 is 15.1 Å². The zero-order chi connectivity index (χ0) is 17.8. The van der Waals surface area contributed by atoms with E-state index in [9.17, 15) is 4.39 Å².